The van der Waals surface area contributed by atoms with Gasteiger partial charge in [0.05, 0.1) is 29.3 Å². The predicted molar refractivity (Wildman–Crippen MR) is 428 cm³/mol. The number of nitrogens with zero attached hydrogens (tertiary/aromatic N) is 2. The van der Waals surface area contributed by atoms with Gasteiger partial charge in [-0.25, -0.2) is 14.2 Å². The smallest absolute Gasteiger partial charge is 0.336 e. The molecule has 2 aliphatic carbocycles. The van der Waals surface area contributed by atoms with Gasteiger partial charge in [0, 0.05) is 116 Å². The molecule has 6 aromatic rings. The lowest BCUT2D eigenvalue weighted by molar-refractivity contribution is -0.184. The molecular weight excluding hydrogens is 1420 g/mol. The Hall–Kier alpha value is -12.2. The highest BCUT2D eigenvalue weighted by Crippen LogP contribution is 2.44. The molecule has 5 N–H and O–H groups in total. The highest BCUT2D eigenvalue weighted by Gasteiger charge is 2.43. The number of esters is 2. The number of carbonyl (C=O) groups excluding carboxylic acids is 8. The van der Waals surface area contributed by atoms with Crippen LogP contribution in [-0.4, -0.2) is 127 Å². The van der Waals surface area contributed by atoms with Crippen LogP contribution >= 0.6 is 0 Å². The van der Waals surface area contributed by atoms with Crippen LogP contribution in [0.25, 0.3) is 66.8 Å². The zero-order valence-corrected chi connectivity index (χ0v) is 64.5. The number of hydrogen-bond acceptors (Lipinski definition) is 17. The molecule has 6 atom stereocenters. The van der Waals surface area contributed by atoms with Crippen LogP contribution in [0.5, 0.6) is 5.75 Å². The quantitative estimate of drug-likeness (QED) is 0.0117. The van der Waals surface area contributed by atoms with Gasteiger partial charge in [-0.3, -0.25) is 33.6 Å². The summed E-state index contributed by atoms with van der Waals surface area (Å²) in [6.07, 6.45) is 9.07. The molecule has 22 heteroatoms. The van der Waals surface area contributed by atoms with Crippen molar-refractivity contribution in [1.82, 2.24) is 15.2 Å². The molecule has 2 saturated heterocycles. The number of phenols is 1. The first-order valence-corrected chi connectivity index (χ1v) is 37.8. The highest BCUT2D eigenvalue weighted by molar-refractivity contribution is 6.09. The third-order valence-corrected chi connectivity index (χ3v) is 19.8. The molecule has 4 aliphatic heterocycles. The summed E-state index contributed by atoms with van der Waals surface area (Å²) in [6.45, 7) is 6.72. The van der Waals surface area contributed by atoms with E-state index < -0.39 is 35.9 Å². The SMILES string of the molecule is CC(=O)CCCCCCC(=O)N[C@@H](Cc1ccccc1)C(=O)C[C@@H]1C(=O)O[C@@H]1C.CC(=O)CCCCCCC(=O)N[C@H](Cc1ccccc1)C(=O)C[C@@H]1C(=O)O[C@@H]1C.CN(C)c1ccc2c(-c3ccccc3C(=O)O)c3ccc(=[N+](C)C)cc-3oc2c1.O=C(O)c1ccccc1-c1c2ccc(=O)cc-2oc2cc(O)ccc12. The molecule has 0 radical (unpaired) electrons. The number of amides is 2. The Bertz CT molecular complexity index is 4990. The molecule has 0 bridgehead atoms. The molecule has 22 nitrogen and oxygen atoms in total. The van der Waals surface area contributed by atoms with E-state index >= 15 is 0 Å². The lowest BCUT2D eigenvalue weighted by Crippen LogP contribution is -2.48. The molecule has 0 unspecified atom stereocenters. The van der Waals surface area contributed by atoms with Gasteiger partial charge in [0.2, 0.25) is 17.2 Å². The Balaban J connectivity index is 0.000000172. The largest absolute Gasteiger partial charge is 0.508 e. The van der Waals surface area contributed by atoms with E-state index in [0.29, 0.717) is 77.5 Å². The number of rotatable bonds is 31. The fourth-order valence-corrected chi connectivity index (χ4v) is 13.5. The number of cyclic esters (lactones) is 2. The number of fused-ring (bicyclic) bond motifs is 4. The van der Waals surface area contributed by atoms with E-state index in [9.17, 15) is 68.1 Å². The van der Waals surface area contributed by atoms with Crippen molar-refractivity contribution in [3.05, 3.63) is 220 Å². The van der Waals surface area contributed by atoms with Gasteiger partial charge in [-0.2, -0.15) is 0 Å². The van der Waals surface area contributed by atoms with Crippen molar-refractivity contribution in [2.45, 2.75) is 155 Å². The second-order valence-electron chi connectivity index (χ2n) is 28.8. The number of aromatic hydroxyl groups is 1. The van der Waals surface area contributed by atoms with Gasteiger partial charge in [-0.15, -0.1) is 0 Å². The maximum absolute atomic E-state index is 12.8. The number of ether oxygens (including phenoxy) is 2. The van der Waals surface area contributed by atoms with Gasteiger partial charge in [0.25, 0.3) is 0 Å². The summed E-state index contributed by atoms with van der Waals surface area (Å²) in [4.78, 5) is 133. The summed E-state index contributed by atoms with van der Waals surface area (Å²) in [7, 11) is 7.92. The number of carboxylic acids is 2. The van der Waals surface area contributed by atoms with Crippen LogP contribution in [0, 0.1) is 11.8 Å². The molecule has 584 valence electrons. The molecule has 6 aromatic carbocycles. The number of carboxylic acid groups (broad SMARTS) is 2. The van der Waals surface area contributed by atoms with Crippen LogP contribution in [0.15, 0.2) is 196 Å². The molecule has 6 aliphatic rings. The first-order valence-electron chi connectivity index (χ1n) is 37.8. The van der Waals surface area contributed by atoms with Crippen LogP contribution in [0.2, 0.25) is 0 Å². The lowest BCUT2D eigenvalue weighted by Gasteiger charge is -2.32. The molecular formula is C90H97N4O18+. The number of carbonyl (C=O) groups is 10. The Kier molecular flexibility index (Phi) is 29.9. The van der Waals surface area contributed by atoms with E-state index in [-0.39, 0.29) is 94.2 Å². The van der Waals surface area contributed by atoms with Crippen molar-refractivity contribution in [3.8, 4) is 50.7 Å². The topological polar surface area (TPSA) is 324 Å². The zero-order valence-electron chi connectivity index (χ0n) is 64.5. The molecule has 0 spiro atoms. The first-order chi connectivity index (χ1) is 53.6. The maximum atomic E-state index is 12.8. The number of hydrogen-bond donors (Lipinski definition) is 5. The Morgan fingerprint density at radius 3 is 1.29 bits per heavy atom. The Labute approximate surface area is 650 Å². The van der Waals surface area contributed by atoms with Crippen molar-refractivity contribution in [1.29, 1.82) is 0 Å². The second kappa shape index (κ2) is 40.0. The normalized spacial score (nSPS) is 15.2. The summed E-state index contributed by atoms with van der Waals surface area (Å²) in [5.74, 6) is -2.67. The monoisotopic (exact) mass is 1520 g/mol. The number of unbranched alkanes of at least 4 members (excludes halogenated alkanes) is 6. The van der Waals surface area contributed by atoms with Crippen molar-refractivity contribution in [3.63, 3.8) is 0 Å². The number of phenolic OH excluding ortho intramolecular Hbond substituents is 1. The fourth-order valence-electron chi connectivity index (χ4n) is 13.5. The summed E-state index contributed by atoms with van der Waals surface area (Å²) in [5, 5.41) is 37.3. The van der Waals surface area contributed by atoms with E-state index in [1.165, 1.54) is 30.3 Å². The minimum atomic E-state index is -1.04. The minimum absolute atomic E-state index is 0.0198. The molecule has 2 amide bonds. The first kappa shape index (κ1) is 83.8. The lowest BCUT2D eigenvalue weighted by atomic mass is 9.88. The highest BCUT2D eigenvalue weighted by atomic mass is 16.6. The number of Topliss-reactive ketones (excluding diaryl/α,β-unsaturated/α-hetero) is 4. The van der Waals surface area contributed by atoms with Crippen LogP contribution in [0.4, 0.5) is 5.69 Å². The van der Waals surface area contributed by atoms with Crippen LogP contribution < -0.4 is 30.9 Å². The number of ketones is 4. The van der Waals surface area contributed by atoms with E-state index in [1.807, 2.05) is 147 Å². The average molecular weight is 1520 g/mol. The molecule has 2 fully saturated rings. The maximum Gasteiger partial charge on any atom is 0.336 e. The standard InChI is InChI=1S/C24H22N2O3.2C23H31NO5.C20H12O5/c1-25(2)15-9-11-19-21(13-15)29-22-14-16(26(3)4)10-12-20(22)23(19)17-7-5-6-8-18(17)24(27)28;2*1-16(25)10-6-3-4-9-13-22(27)24-20(14-18-11-7-5-8-12-18)21(26)15-19-17(2)29-23(19)28;21-11-5-7-15-17(9-11)25-18-10-12(22)6-8-16(18)19(15)13-3-1-2-4-14(13)20(23)24/h5-14H,1-4H3;2*5,7-8,11-12,17,19-20H,3-4,6,9-10,13-15H2,1-2H3,(H,24,27);1-10,21H,(H,23,24)/p+1/t;17-,19+,20+;17-,19+,20-;/m.11./s1. The van der Waals surface area contributed by atoms with Gasteiger partial charge in [0.15, 0.2) is 17.0 Å². The molecule has 112 heavy (non-hydrogen) atoms. The summed E-state index contributed by atoms with van der Waals surface area (Å²) in [5.41, 5.74) is 8.46. The van der Waals surface area contributed by atoms with Gasteiger partial charge in [-0.1, -0.05) is 123 Å². The van der Waals surface area contributed by atoms with E-state index in [1.54, 1.807) is 70.2 Å². The van der Waals surface area contributed by atoms with Crippen molar-refractivity contribution in [2.75, 3.05) is 33.1 Å². The van der Waals surface area contributed by atoms with Gasteiger partial charge in [-0.05, 0) is 143 Å². The van der Waals surface area contributed by atoms with Crippen molar-refractivity contribution in [2.24, 2.45) is 11.8 Å². The van der Waals surface area contributed by atoms with Gasteiger partial charge < -0.3 is 58.8 Å². The number of nitrogens with one attached hydrogen (secondary N) is 2. The van der Waals surface area contributed by atoms with Gasteiger partial charge in [0.1, 0.15) is 78.1 Å². The van der Waals surface area contributed by atoms with Crippen molar-refractivity contribution < 1.29 is 81.6 Å². The predicted octanol–water partition coefficient (Wildman–Crippen LogP) is 14.3. The molecule has 0 saturated carbocycles. The Morgan fingerprint density at radius 1 is 0.464 bits per heavy atom. The number of benzene rings is 8. The summed E-state index contributed by atoms with van der Waals surface area (Å²) in [6, 6.07) is 52.6. The van der Waals surface area contributed by atoms with Crippen molar-refractivity contribution >= 4 is 86.5 Å². The molecule has 4 heterocycles. The third kappa shape index (κ3) is 23.0. The average Bonchev–Trinajstić information content (AvgIpc) is 0.749. The number of anilines is 1. The van der Waals surface area contributed by atoms with E-state index in [0.717, 1.165) is 101 Å². The third-order valence-electron chi connectivity index (χ3n) is 19.8. The minimum Gasteiger partial charge on any atom is -0.508 e. The van der Waals surface area contributed by atoms with Gasteiger partial charge >= 0.3 is 23.9 Å². The second-order valence-corrected chi connectivity index (χ2v) is 28.8. The van der Waals surface area contributed by atoms with Crippen LogP contribution in [0.3, 0.4) is 0 Å². The van der Waals surface area contributed by atoms with Crippen LogP contribution in [-0.2, 0) is 60.7 Å². The molecule has 12 rings (SSSR count). The number of aromatic carboxylic acids is 2. The molecule has 0 aromatic heterocycles. The zero-order chi connectivity index (χ0) is 80.7. The van der Waals surface area contributed by atoms with Crippen LogP contribution in [0.1, 0.15) is 149 Å². The summed E-state index contributed by atoms with van der Waals surface area (Å²) >= 11 is 0. The van der Waals surface area contributed by atoms with E-state index in [2.05, 4.69) is 10.6 Å². The Morgan fingerprint density at radius 2 is 0.875 bits per heavy atom. The summed E-state index contributed by atoms with van der Waals surface area (Å²) < 4.78 is 23.9. The van der Waals surface area contributed by atoms with E-state index in [4.69, 9.17) is 18.3 Å². The fraction of sp³-hybridized carbons (Fsp3) is 0.333.